The zero-order valence-corrected chi connectivity index (χ0v) is 13.7. The van der Waals surface area contributed by atoms with E-state index in [1.165, 1.54) is 4.90 Å². The van der Waals surface area contributed by atoms with Crippen molar-refractivity contribution in [3.05, 3.63) is 47.5 Å². The number of allylic oxidation sites excluding steroid dienone is 2. The van der Waals surface area contributed by atoms with Crippen LogP contribution in [-0.4, -0.2) is 29.2 Å². The second kappa shape index (κ2) is 6.99. The van der Waals surface area contributed by atoms with Crippen molar-refractivity contribution in [3.63, 3.8) is 0 Å². The average Bonchev–Trinajstić information content (AvgIpc) is 2.84. The Balaban J connectivity index is 1.51. The van der Waals surface area contributed by atoms with E-state index >= 15 is 0 Å². The topological polar surface area (TPSA) is 63.7 Å². The second-order valence-corrected chi connectivity index (χ2v) is 6.32. The van der Waals surface area contributed by atoms with Crippen LogP contribution in [0.4, 0.5) is 0 Å². The summed E-state index contributed by atoms with van der Waals surface area (Å²) in [7, 11) is 0. The number of carbonyl (C=O) groups excluding carboxylic acids is 3. The number of amides is 2. The van der Waals surface area contributed by atoms with Gasteiger partial charge in [0, 0.05) is 6.54 Å². The fourth-order valence-corrected chi connectivity index (χ4v) is 3.29. The summed E-state index contributed by atoms with van der Waals surface area (Å²) in [5, 5.41) is 0. The molecule has 0 bridgehead atoms. The van der Waals surface area contributed by atoms with Crippen LogP contribution in [0.2, 0.25) is 0 Å². The van der Waals surface area contributed by atoms with Gasteiger partial charge >= 0.3 is 5.97 Å². The molecule has 3 rings (SSSR count). The molecule has 0 spiro atoms. The van der Waals surface area contributed by atoms with Crippen molar-refractivity contribution < 1.29 is 19.1 Å². The van der Waals surface area contributed by atoms with E-state index in [9.17, 15) is 14.4 Å². The molecule has 1 aliphatic carbocycles. The van der Waals surface area contributed by atoms with Crippen LogP contribution in [0.25, 0.3) is 0 Å². The first-order valence-electron chi connectivity index (χ1n) is 8.28. The molecule has 0 radical (unpaired) electrons. The number of ether oxygens (including phenoxy) is 1. The van der Waals surface area contributed by atoms with E-state index in [1.807, 2.05) is 43.3 Å². The minimum atomic E-state index is -0.396. The highest BCUT2D eigenvalue weighted by Gasteiger charge is 2.46. The molecule has 1 aromatic carbocycles. The number of hydrogen-bond donors (Lipinski definition) is 0. The van der Waals surface area contributed by atoms with E-state index in [2.05, 4.69) is 0 Å². The smallest absolute Gasteiger partial charge is 0.307 e. The fourth-order valence-electron chi connectivity index (χ4n) is 3.29. The molecule has 126 valence electrons. The molecule has 2 amide bonds. The zero-order valence-electron chi connectivity index (χ0n) is 13.7. The molecule has 1 aliphatic heterocycles. The maximum absolute atomic E-state index is 12.3. The summed E-state index contributed by atoms with van der Waals surface area (Å²) in [5.74, 6) is -1.19. The number of hydrogen-bond acceptors (Lipinski definition) is 4. The molecule has 0 unspecified atom stereocenters. The van der Waals surface area contributed by atoms with Crippen LogP contribution < -0.4 is 0 Å². The Morgan fingerprint density at radius 2 is 1.75 bits per heavy atom. The van der Waals surface area contributed by atoms with Gasteiger partial charge in [-0.05, 0) is 30.9 Å². The monoisotopic (exact) mass is 327 g/mol. The molecule has 1 fully saturated rings. The predicted octanol–water partition coefficient (Wildman–Crippen LogP) is 2.38. The molecule has 5 heteroatoms. The first-order valence-corrected chi connectivity index (χ1v) is 8.28. The molecule has 5 nitrogen and oxygen atoms in total. The normalized spacial score (nSPS) is 22.6. The summed E-state index contributed by atoms with van der Waals surface area (Å²) in [6.45, 7) is 2.28. The number of nitrogens with zero attached hydrogens (tertiary/aromatic N) is 1. The van der Waals surface area contributed by atoms with Gasteiger partial charge in [-0.15, -0.1) is 0 Å². The minimum Gasteiger partial charge on any atom is -0.461 e. The zero-order chi connectivity index (χ0) is 17.1. The number of aryl methyl sites for hydroxylation is 1. The third kappa shape index (κ3) is 3.25. The van der Waals surface area contributed by atoms with Crippen LogP contribution in [0, 0.1) is 18.8 Å². The largest absolute Gasteiger partial charge is 0.461 e. The lowest BCUT2D eigenvalue weighted by Crippen LogP contribution is -2.33. The Labute approximate surface area is 141 Å². The molecule has 0 saturated carbocycles. The van der Waals surface area contributed by atoms with E-state index < -0.39 is 5.97 Å². The molecule has 0 N–H and O–H groups in total. The van der Waals surface area contributed by atoms with Gasteiger partial charge in [0.2, 0.25) is 11.8 Å². The van der Waals surface area contributed by atoms with Gasteiger partial charge in [0.05, 0.1) is 18.3 Å². The van der Waals surface area contributed by atoms with Crippen LogP contribution in [0.3, 0.4) is 0 Å². The number of fused-ring (bicyclic) bond motifs is 1. The molecule has 24 heavy (non-hydrogen) atoms. The van der Waals surface area contributed by atoms with Crippen molar-refractivity contribution in [2.45, 2.75) is 32.8 Å². The lowest BCUT2D eigenvalue weighted by molar-refractivity contribution is -0.146. The lowest BCUT2D eigenvalue weighted by Gasteiger charge is -2.14. The Hall–Kier alpha value is -2.43. The molecule has 2 aliphatic rings. The Bertz CT molecular complexity index is 668. The lowest BCUT2D eigenvalue weighted by atomic mass is 9.85. The second-order valence-electron chi connectivity index (χ2n) is 6.32. The maximum Gasteiger partial charge on any atom is 0.307 e. The summed E-state index contributed by atoms with van der Waals surface area (Å²) in [6.07, 6.45) is 5.17. The Kier molecular flexibility index (Phi) is 4.79. The van der Waals surface area contributed by atoms with E-state index in [0.717, 1.165) is 11.1 Å². The van der Waals surface area contributed by atoms with Crippen LogP contribution in [0.15, 0.2) is 36.4 Å². The number of rotatable bonds is 5. The third-order valence-electron chi connectivity index (χ3n) is 4.79. The van der Waals surface area contributed by atoms with E-state index in [4.69, 9.17) is 4.74 Å². The van der Waals surface area contributed by atoms with Crippen LogP contribution >= 0.6 is 0 Å². The first-order chi connectivity index (χ1) is 11.6. The van der Waals surface area contributed by atoms with Gasteiger partial charge < -0.3 is 4.74 Å². The molecule has 1 heterocycles. The molecular formula is C19H21NO4. The van der Waals surface area contributed by atoms with Gasteiger partial charge in [0.25, 0.3) is 0 Å². The van der Waals surface area contributed by atoms with Crippen molar-refractivity contribution in [2.75, 3.05) is 6.54 Å². The minimum absolute atomic E-state index is 0.0379. The standard InChI is InChI=1S/C19H21NO4/c1-13-6-2-3-7-14(13)12-24-17(21)10-11-20-18(22)15-8-4-5-9-16(15)19(20)23/h2-7,15-16H,8-12H2,1H3/t15-,16+. The number of likely N-dealkylation sites (tertiary alicyclic amines) is 1. The van der Waals surface area contributed by atoms with Gasteiger partial charge in [-0.2, -0.15) is 0 Å². The van der Waals surface area contributed by atoms with Crippen LogP contribution in [0.1, 0.15) is 30.4 Å². The van der Waals surface area contributed by atoms with E-state index in [-0.39, 0.29) is 43.2 Å². The Morgan fingerprint density at radius 1 is 1.12 bits per heavy atom. The highest BCUT2D eigenvalue weighted by Crippen LogP contribution is 2.35. The van der Waals surface area contributed by atoms with E-state index in [1.54, 1.807) is 0 Å². The Morgan fingerprint density at radius 3 is 2.38 bits per heavy atom. The summed E-state index contributed by atoms with van der Waals surface area (Å²) in [4.78, 5) is 37.8. The van der Waals surface area contributed by atoms with Crippen molar-refractivity contribution in [1.29, 1.82) is 0 Å². The van der Waals surface area contributed by atoms with Crippen molar-refractivity contribution in [1.82, 2.24) is 4.90 Å². The number of carbonyl (C=O) groups is 3. The predicted molar refractivity (Wildman–Crippen MR) is 87.7 cm³/mol. The van der Waals surface area contributed by atoms with Gasteiger partial charge in [0.15, 0.2) is 0 Å². The highest BCUT2D eigenvalue weighted by atomic mass is 16.5. The first kappa shape index (κ1) is 16.4. The van der Waals surface area contributed by atoms with E-state index in [0.29, 0.717) is 12.8 Å². The summed E-state index contributed by atoms with van der Waals surface area (Å²) < 4.78 is 5.26. The molecular weight excluding hydrogens is 306 g/mol. The highest BCUT2D eigenvalue weighted by molar-refractivity contribution is 6.05. The van der Waals surface area contributed by atoms with Gasteiger partial charge in [-0.3, -0.25) is 19.3 Å². The molecule has 1 saturated heterocycles. The van der Waals surface area contributed by atoms with Gasteiger partial charge in [-0.25, -0.2) is 0 Å². The molecule has 0 aromatic heterocycles. The summed E-state index contributed by atoms with van der Waals surface area (Å²) >= 11 is 0. The third-order valence-corrected chi connectivity index (χ3v) is 4.79. The van der Waals surface area contributed by atoms with Gasteiger partial charge in [0.1, 0.15) is 6.61 Å². The molecule has 2 atom stereocenters. The SMILES string of the molecule is Cc1ccccc1COC(=O)CCN1C(=O)[C@H]2CC=CC[C@H]2C1=O. The molecule has 1 aromatic rings. The van der Waals surface area contributed by atoms with Gasteiger partial charge in [-0.1, -0.05) is 36.4 Å². The van der Waals surface area contributed by atoms with Crippen LogP contribution in [0.5, 0.6) is 0 Å². The van der Waals surface area contributed by atoms with Crippen molar-refractivity contribution in [2.24, 2.45) is 11.8 Å². The quantitative estimate of drug-likeness (QED) is 0.473. The van der Waals surface area contributed by atoms with Crippen molar-refractivity contribution in [3.8, 4) is 0 Å². The number of benzene rings is 1. The number of imide groups is 1. The average molecular weight is 327 g/mol. The van der Waals surface area contributed by atoms with Crippen molar-refractivity contribution >= 4 is 17.8 Å². The summed E-state index contributed by atoms with van der Waals surface area (Å²) in [6, 6.07) is 7.70. The fraction of sp³-hybridized carbons (Fsp3) is 0.421. The summed E-state index contributed by atoms with van der Waals surface area (Å²) in [5.41, 5.74) is 2.02. The van der Waals surface area contributed by atoms with Crippen LogP contribution in [-0.2, 0) is 25.7 Å². The number of esters is 1. The maximum atomic E-state index is 12.3.